The number of nitrogens with one attached hydrogen (secondary N) is 1. The molecule has 4 heteroatoms. The van der Waals surface area contributed by atoms with Crippen molar-refractivity contribution in [2.75, 3.05) is 0 Å². The van der Waals surface area contributed by atoms with Gasteiger partial charge in [0.05, 0.1) is 11.2 Å². The van der Waals surface area contributed by atoms with Crippen LogP contribution < -0.4 is 5.32 Å². The minimum Gasteiger partial charge on any atom is -0.346 e. The number of hydrogen-bond donors (Lipinski definition) is 1. The Hall–Kier alpha value is -2.49. The molecule has 2 aromatic rings. The first-order valence-electron chi connectivity index (χ1n) is 9.17. The van der Waals surface area contributed by atoms with Gasteiger partial charge in [-0.1, -0.05) is 43.7 Å². The van der Waals surface area contributed by atoms with Gasteiger partial charge >= 0.3 is 0 Å². The second-order valence-corrected chi connectivity index (χ2v) is 7.26. The Kier molecular flexibility index (Phi) is 6.67. The average molecular weight is 352 g/mol. The lowest BCUT2D eigenvalue weighted by Gasteiger charge is -2.27. The fraction of sp³-hybridized carbons (Fsp3) is 0.409. The molecule has 1 atom stereocenters. The molecule has 0 unspecified atom stereocenters. The molecule has 1 aromatic carbocycles. The van der Waals surface area contributed by atoms with E-state index in [2.05, 4.69) is 17.2 Å². The van der Waals surface area contributed by atoms with E-state index in [0.29, 0.717) is 12.0 Å². The molecule has 4 nitrogen and oxygen atoms in total. The van der Waals surface area contributed by atoms with Gasteiger partial charge in [0, 0.05) is 18.2 Å². The SMILES string of the molecule is CCC[C@H](CC(=O)NC(C)(C)c1ccccn1)c1ccc(C(C)=O)cc1. The first-order valence-corrected chi connectivity index (χ1v) is 9.17. The number of carbonyl (C=O) groups excluding carboxylic acids is 2. The van der Waals surface area contributed by atoms with Crippen LogP contribution in [0.15, 0.2) is 48.7 Å². The van der Waals surface area contributed by atoms with Crippen LogP contribution in [0.2, 0.25) is 0 Å². The predicted octanol–water partition coefficient (Wildman–Crippen LogP) is 4.61. The number of nitrogens with zero attached hydrogens (tertiary/aromatic N) is 1. The lowest BCUT2D eigenvalue weighted by Crippen LogP contribution is -2.42. The summed E-state index contributed by atoms with van der Waals surface area (Å²) in [6, 6.07) is 13.3. The zero-order valence-electron chi connectivity index (χ0n) is 16.1. The Labute approximate surface area is 156 Å². The van der Waals surface area contributed by atoms with Crippen molar-refractivity contribution in [1.82, 2.24) is 10.3 Å². The van der Waals surface area contributed by atoms with Crippen LogP contribution in [0.4, 0.5) is 0 Å². The van der Waals surface area contributed by atoms with Crippen LogP contribution in [0.3, 0.4) is 0 Å². The number of benzene rings is 1. The van der Waals surface area contributed by atoms with Crippen LogP contribution in [0.25, 0.3) is 0 Å². The Morgan fingerprint density at radius 2 is 1.81 bits per heavy atom. The van der Waals surface area contributed by atoms with E-state index in [0.717, 1.165) is 24.1 Å². The lowest BCUT2D eigenvalue weighted by molar-refractivity contribution is -0.123. The summed E-state index contributed by atoms with van der Waals surface area (Å²) in [5, 5.41) is 3.11. The molecule has 0 saturated carbocycles. The van der Waals surface area contributed by atoms with Crippen molar-refractivity contribution in [2.24, 2.45) is 0 Å². The monoisotopic (exact) mass is 352 g/mol. The minimum absolute atomic E-state index is 0.00903. The van der Waals surface area contributed by atoms with Crippen molar-refractivity contribution < 1.29 is 9.59 Å². The van der Waals surface area contributed by atoms with E-state index in [4.69, 9.17) is 0 Å². The Morgan fingerprint density at radius 1 is 1.12 bits per heavy atom. The molecule has 1 N–H and O–H groups in total. The van der Waals surface area contributed by atoms with Gasteiger partial charge in [-0.15, -0.1) is 0 Å². The van der Waals surface area contributed by atoms with Gasteiger partial charge in [0.1, 0.15) is 0 Å². The van der Waals surface area contributed by atoms with Crippen molar-refractivity contribution >= 4 is 11.7 Å². The highest BCUT2D eigenvalue weighted by atomic mass is 16.1. The number of aromatic nitrogens is 1. The topological polar surface area (TPSA) is 59.1 Å². The first kappa shape index (κ1) is 19.8. The van der Waals surface area contributed by atoms with Gasteiger partial charge in [0.2, 0.25) is 5.91 Å². The van der Waals surface area contributed by atoms with Crippen LogP contribution in [0.5, 0.6) is 0 Å². The lowest BCUT2D eigenvalue weighted by atomic mass is 9.89. The van der Waals surface area contributed by atoms with E-state index in [-0.39, 0.29) is 17.6 Å². The summed E-state index contributed by atoms with van der Waals surface area (Å²) in [7, 11) is 0. The van der Waals surface area contributed by atoms with E-state index >= 15 is 0 Å². The second kappa shape index (κ2) is 8.75. The summed E-state index contributed by atoms with van der Waals surface area (Å²) in [4.78, 5) is 28.5. The summed E-state index contributed by atoms with van der Waals surface area (Å²) < 4.78 is 0. The summed E-state index contributed by atoms with van der Waals surface area (Å²) in [6.07, 6.45) is 4.08. The highest BCUT2D eigenvalue weighted by molar-refractivity contribution is 5.94. The number of rotatable bonds is 8. The Bertz CT molecular complexity index is 736. The van der Waals surface area contributed by atoms with Gasteiger partial charge < -0.3 is 5.32 Å². The average Bonchev–Trinajstić information content (AvgIpc) is 2.62. The van der Waals surface area contributed by atoms with Crippen LogP contribution in [-0.4, -0.2) is 16.7 Å². The number of pyridine rings is 1. The van der Waals surface area contributed by atoms with Crippen LogP contribution >= 0.6 is 0 Å². The number of Topliss-reactive ketones (excluding diaryl/α,β-unsaturated/α-hetero) is 1. The van der Waals surface area contributed by atoms with Crippen molar-refractivity contribution in [1.29, 1.82) is 0 Å². The van der Waals surface area contributed by atoms with Crippen molar-refractivity contribution in [2.45, 2.75) is 58.4 Å². The molecule has 2 rings (SSSR count). The highest BCUT2D eigenvalue weighted by Gasteiger charge is 2.25. The number of amides is 1. The summed E-state index contributed by atoms with van der Waals surface area (Å²) in [6.45, 7) is 7.60. The number of carbonyl (C=O) groups is 2. The molecule has 0 fully saturated rings. The minimum atomic E-state index is -0.520. The smallest absolute Gasteiger partial charge is 0.221 e. The maximum Gasteiger partial charge on any atom is 0.221 e. The molecule has 0 radical (unpaired) electrons. The second-order valence-electron chi connectivity index (χ2n) is 7.26. The van der Waals surface area contributed by atoms with E-state index in [1.165, 1.54) is 0 Å². The van der Waals surface area contributed by atoms with Crippen LogP contribution in [-0.2, 0) is 10.3 Å². The van der Waals surface area contributed by atoms with Crippen molar-refractivity contribution in [3.05, 3.63) is 65.5 Å². The largest absolute Gasteiger partial charge is 0.346 e. The van der Waals surface area contributed by atoms with E-state index in [1.54, 1.807) is 13.1 Å². The molecular formula is C22H28N2O2. The van der Waals surface area contributed by atoms with Crippen molar-refractivity contribution in [3.63, 3.8) is 0 Å². The maximum absolute atomic E-state index is 12.7. The van der Waals surface area contributed by atoms with Gasteiger partial charge in [0.25, 0.3) is 0 Å². The fourth-order valence-electron chi connectivity index (χ4n) is 3.14. The molecule has 0 spiro atoms. The van der Waals surface area contributed by atoms with Gasteiger partial charge in [-0.05, 0) is 50.8 Å². The van der Waals surface area contributed by atoms with E-state index < -0.39 is 5.54 Å². The molecule has 0 aliphatic heterocycles. The van der Waals surface area contributed by atoms with Gasteiger partial charge in [-0.3, -0.25) is 14.6 Å². The van der Waals surface area contributed by atoms with Crippen LogP contribution in [0, 0.1) is 0 Å². The molecule has 1 aromatic heterocycles. The molecule has 0 aliphatic rings. The number of hydrogen-bond acceptors (Lipinski definition) is 3. The first-order chi connectivity index (χ1) is 12.3. The highest BCUT2D eigenvalue weighted by Crippen LogP contribution is 2.26. The third-order valence-corrected chi connectivity index (χ3v) is 4.61. The molecule has 0 aliphatic carbocycles. The zero-order chi connectivity index (χ0) is 19.2. The quantitative estimate of drug-likeness (QED) is 0.706. The summed E-state index contributed by atoms with van der Waals surface area (Å²) in [5.41, 5.74) is 2.12. The van der Waals surface area contributed by atoms with Crippen molar-refractivity contribution in [3.8, 4) is 0 Å². The zero-order valence-corrected chi connectivity index (χ0v) is 16.1. The molecule has 0 saturated heterocycles. The van der Waals surface area contributed by atoms with E-state index in [1.807, 2.05) is 56.3 Å². The summed E-state index contributed by atoms with van der Waals surface area (Å²) >= 11 is 0. The summed E-state index contributed by atoms with van der Waals surface area (Å²) in [5.74, 6) is 0.203. The van der Waals surface area contributed by atoms with Gasteiger partial charge in [-0.25, -0.2) is 0 Å². The maximum atomic E-state index is 12.7. The third kappa shape index (κ3) is 5.25. The molecule has 1 amide bonds. The number of ketones is 1. The standard InChI is InChI=1S/C22H28N2O2/c1-5-8-19(18-12-10-17(11-13-18)16(2)25)15-21(26)24-22(3,4)20-9-6-7-14-23-20/h6-7,9-14,19H,5,8,15H2,1-4H3,(H,24,26)/t19-/m1/s1. The van der Waals surface area contributed by atoms with Gasteiger partial charge in [-0.2, -0.15) is 0 Å². The molecular weight excluding hydrogens is 324 g/mol. The van der Waals surface area contributed by atoms with Gasteiger partial charge in [0.15, 0.2) is 5.78 Å². The Balaban J connectivity index is 2.09. The molecule has 138 valence electrons. The van der Waals surface area contributed by atoms with Crippen LogP contribution in [0.1, 0.15) is 74.5 Å². The molecule has 1 heterocycles. The third-order valence-electron chi connectivity index (χ3n) is 4.61. The molecule has 0 bridgehead atoms. The Morgan fingerprint density at radius 3 is 2.35 bits per heavy atom. The molecule has 26 heavy (non-hydrogen) atoms. The normalized spacial score (nSPS) is 12.5. The van der Waals surface area contributed by atoms with E-state index in [9.17, 15) is 9.59 Å². The fourth-order valence-corrected chi connectivity index (χ4v) is 3.14. The predicted molar refractivity (Wildman–Crippen MR) is 104 cm³/mol.